The van der Waals surface area contributed by atoms with E-state index in [0.717, 1.165) is 29.7 Å². The smallest absolute Gasteiger partial charge is 0.310 e. The summed E-state index contributed by atoms with van der Waals surface area (Å²) in [4.78, 5) is 27.6. The average molecular weight is 298 g/mol. The summed E-state index contributed by atoms with van der Waals surface area (Å²) >= 11 is 0. The van der Waals surface area contributed by atoms with Crippen molar-refractivity contribution in [3.63, 3.8) is 0 Å². The zero-order valence-electron chi connectivity index (χ0n) is 13.0. The molecule has 116 valence electrons. The molecule has 0 radical (unpaired) electrons. The Labute approximate surface area is 129 Å². The van der Waals surface area contributed by atoms with Crippen LogP contribution in [-0.4, -0.2) is 9.55 Å². The zero-order chi connectivity index (χ0) is 15.5. The van der Waals surface area contributed by atoms with E-state index < -0.39 is 0 Å². The van der Waals surface area contributed by atoms with Crippen LogP contribution in [0.2, 0.25) is 0 Å². The van der Waals surface area contributed by atoms with Gasteiger partial charge in [-0.05, 0) is 24.3 Å². The Hall–Kier alpha value is -2.10. The molecule has 4 nitrogen and oxygen atoms in total. The van der Waals surface area contributed by atoms with Crippen LogP contribution in [0.1, 0.15) is 54.8 Å². The number of rotatable bonds is 3. The lowest BCUT2D eigenvalue weighted by Gasteiger charge is -2.24. The van der Waals surface area contributed by atoms with Gasteiger partial charge in [-0.1, -0.05) is 49.6 Å². The molecule has 0 unspecified atom stereocenters. The Morgan fingerprint density at radius 2 is 1.77 bits per heavy atom. The highest BCUT2D eigenvalue weighted by molar-refractivity contribution is 5.29. The Kier molecular flexibility index (Phi) is 4.27. The van der Waals surface area contributed by atoms with Crippen molar-refractivity contribution in [3.8, 4) is 0 Å². The van der Waals surface area contributed by atoms with Gasteiger partial charge in [0.15, 0.2) is 0 Å². The van der Waals surface area contributed by atoms with E-state index in [2.05, 4.69) is 4.98 Å². The highest BCUT2D eigenvalue weighted by atomic mass is 16.2. The van der Waals surface area contributed by atoms with E-state index >= 15 is 0 Å². The van der Waals surface area contributed by atoms with Gasteiger partial charge < -0.3 is 4.98 Å². The summed E-state index contributed by atoms with van der Waals surface area (Å²) in [7, 11) is 1.54. The van der Waals surface area contributed by atoms with E-state index in [1.807, 2.05) is 30.3 Å². The SMILES string of the molecule is Cn1c(=O)[nH]c(C2CCCCC2)c(Cc2ccccc2)c1=O. The summed E-state index contributed by atoms with van der Waals surface area (Å²) < 4.78 is 1.19. The van der Waals surface area contributed by atoms with Crippen molar-refractivity contribution in [3.05, 3.63) is 68.0 Å². The highest BCUT2D eigenvalue weighted by Crippen LogP contribution is 2.32. The quantitative estimate of drug-likeness (QED) is 0.947. The van der Waals surface area contributed by atoms with Gasteiger partial charge in [0.05, 0.1) is 0 Å². The molecule has 1 N–H and O–H groups in total. The van der Waals surface area contributed by atoms with Crippen LogP contribution in [0.4, 0.5) is 0 Å². The summed E-state index contributed by atoms with van der Waals surface area (Å²) in [6.07, 6.45) is 6.30. The standard InChI is InChI=1S/C18H22N2O2/c1-20-17(21)15(12-13-8-4-2-5-9-13)16(19-18(20)22)14-10-6-3-7-11-14/h2,4-5,8-9,14H,3,6-7,10-12H2,1H3,(H,19,22). The van der Waals surface area contributed by atoms with Crippen molar-refractivity contribution in [1.82, 2.24) is 9.55 Å². The Morgan fingerprint density at radius 3 is 2.45 bits per heavy atom. The number of aromatic amines is 1. The van der Waals surface area contributed by atoms with Crippen molar-refractivity contribution in [2.24, 2.45) is 7.05 Å². The second-order valence-corrected chi connectivity index (χ2v) is 6.18. The van der Waals surface area contributed by atoms with E-state index in [-0.39, 0.29) is 11.2 Å². The first-order valence-electron chi connectivity index (χ1n) is 8.03. The van der Waals surface area contributed by atoms with Gasteiger partial charge in [-0.3, -0.25) is 9.36 Å². The summed E-state index contributed by atoms with van der Waals surface area (Å²) in [5.41, 5.74) is 2.26. The predicted molar refractivity (Wildman–Crippen MR) is 87.4 cm³/mol. The Morgan fingerprint density at radius 1 is 1.09 bits per heavy atom. The van der Waals surface area contributed by atoms with Crippen molar-refractivity contribution >= 4 is 0 Å². The van der Waals surface area contributed by atoms with Crippen LogP contribution < -0.4 is 11.2 Å². The maximum atomic E-state index is 12.6. The lowest BCUT2D eigenvalue weighted by molar-refractivity contribution is 0.431. The number of hydrogen-bond acceptors (Lipinski definition) is 2. The largest absolute Gasteiger partial charge is 0.328 e. The monoisotopic (exact) mass is 298 g/mol. The van der Waals surface area contributed by atoms with E-state index in [9.17, 15) is 9.59 Å². The molecule has 1 saturated carbocycles. The van der Waals surface area contributed by atoms with Crippen LogP contribution in [-0.2, 0) is 13.5 Å². The summed E-state index contributed by atoms with van der Waals surface area (Å²) in [5, 5.41) is 0. The molecule has 0 aliphatic heterocycles. The van der Waals surface area contributed by atoms with Gasteiger partial charge in [0.2, 0.25) is 0 Å². The summed E-state index contributed by atoms with van der Waals surface area (Å²) in [5.74, 6) is 0.314. The lowest BCUT2D eigenvalue weighted by atomic mass is 9.84. The minimum absolute atomic E-state index is 0.159. The molecule has 1 aliphatic carbocycles. The second-order valence-electron chi connectivity index (χ2n) is 6.18. The van der Waals surface area contributed by atoms with Gasteiger partial charge >= 0.3 is 5.69 Å². The first-order chi connectivity index (χ1) is 10.7. The van der Waals surface area contributed by atoms with Crippen LogP contribution in [0.5, 0.6) is 0 Å². The maximum Gasteiger partial charge on any atom is 0.328 e. The first-order valence-corrected chi connectivity index (χ1v) is 8.03. The maximum absolute atomic E-state index is 12.6. The van der Waals surface area contributed by atoms with E-state index in [4.69, 9.17) is 0 Å². The fourth-order valence-electron chi connectivity index (χ4n) is 3.39. The van der Waals surface area contributed by atoms with E-state index in [0.29, 0.717) is 12.3 Å². The molecular formula is C18H22N2O2. The molecule has 1 fully saturated rings. The lowest BCUT2D eigenvalue weighted by Crippen LogP contribution is -2.37. The fraction of sp³-hybridized carbons (Fsp3) is 0.444. The first kappa shape index (κ1) is 14.8. The third-order valence-corrected chi connectivity index (χ3v) is 4.67. The van der Waals surface area contributed by atoms with Gasteiger partial charge in [0.1, 0.15) is 0 Å². The number of nitrogens with one attached hydrogen (secondary N) is 1. The Balaban J connectivity index is 2.07. The molecule has 4 heteroatoms. The third-order valence-electron chi connectivity index (χ3n) is 4.67. The molecule has 1 aromatic carbocycles. The molecule has 0 amide bonds. The van der Waals surface area contributed by atoms with Gasteiger partial charge in [-0.15, -0.1) is 0 Å². The molecule has 0 saturated heterocycles. The van der Waals surface area contributed by atoms with E-state index in [1.165, 1.54) is 23.8 Å². The molecule has 1 aromatic heterocycles. The van der Waals surface area contributed by atoms with Crippen LogP contribution in [0, 0.1) is 0 Å². The predicted octanol–water partition coefficient (Wildman–Crippen LogP) is 2.71. The molecular weight excluding hydrogens is 276 g/mol. The highest BCUT2D eigenvalue weighted by Gasteiger charge is 2.22. The minimum Gasteiger partial charge on any atom is -0.310 e. The van der Waals surface area contributed by atoms with Crippen molar-refractivity contribution in [2.45, 2.75) is 44.4 Å². The number of H-pyrrole nitrogens is 1. The molecule has 2 aromatic rings. The van der Waals surface area contributed by atoms with Crippen molar-refractivity contribution in [2.75, 3.05) is 0 Å². The number of nitrogens with zero attached hydrogens (tertiary/aromatic N) is 1. The Bertz CT molecular complexity index is 753. The van der Waals surface area contributed by atoms with Crippen molar-refractivity contribution < 1.29 is 0 Å². The topological polar surface area (TPSA) is 54.9 Å². The van der Waals surface area contributed by atoms with Gasteiger partial charge in [-0.2, -0.15) is 0 Å². The van der Waals surface area contributed by atoms with Gasteiger partial charge in [0.25, 0.3) is 5.56 Å². The number of hydrogen-bond donors (Lipinski definition) is 1. The minimum atomic E-state index is -0.303. The van der Waals surface area contributed by atoms with Crippen LogP contribution in [0.3, 0.4) is 0 Å². The van der Waals surface area contributed by atoms with Crippen LogP contribution in [0.25, 0.3) is 0 Å². The van der Waals surface area contributed by atoms with Gasteiger partial charge in [0, 0.05) is 24.7 Å². The van der Waals surface area contributed by atoms with Crippen molar-refractivity contribution in [1.29, 1.82) is 0 Å². The molecule has 3 rings (SSSR count). The second kappa shape index (κ2) is 6.34. The fourth-order valence-corrected chi connectivity index (χ4v) is 3.39. The van der Waals surface area contributed by atoms with Crippen LogP contribution >= 0.6 is 0 Å². The molecule has 1 aliphatic rings. The molecule has 1 heterocycles. The summed E-state index contributed by atoms with van der Waals surface area (Å²) in [6, 6.07) is 9.97. The van der Waals surface area contributed by atoms with Crippen LogP contribution in [0.15, 0.2) is 39.9 Å². The van der Waals surface area contributed by atoms with E-state index in [1.54, 1.807) is 7.05 Å². The normalized spacial score (nSPS) is 15.9. The molecule has 0 atom stereocenters. The molecule has 0 bridgehead atoms. The average Bonchev–Trinajstić information content (AvgIpc) is 2.57. The number of aromatic nitrogens is 2. The molecule has 22 heavy (non-hydrogen) atoms. The zero-order valence-corrected chi connectivity index (χ0v) is 13.0. The van der Waals surface area contributed by atoms with Gasteiger partial charge in [-0.25, -0.2) is 4.79 Å². The molecule has 0 spiro atoms. The number of benzene rings is 1. The summed E-state index contributed by atoms with van der Waals surface area (Å²) in [6.45, 7) is 0. The third kappa shape index (κ3) is 2.91.